The van der Waals surface area contributed by atoms with Crippen LogP contribution in [-0.2, 0) is 23.8 Å². The summed E-state index contributed by atoms with van der Waals surface area (Å²) in [6.45, 7) is 6.55. The number of carbonyl (C=O) groups excluding carboxylic acids is 2. The highest BCUT2D eigenvalue weighted by molar-refractivity contribution is 5.98. The SMILES string of the molecule is CCCOC(=O)C(OCCC)C(=O)OCCC. The monoisotopic (exact) mass is 246 g/mol. The maximum Gasteiger partial charge on any atom is 0.347 e. The summed E-state index contributed by atoms with van der Waals surface area (Å²) < 4.78 is 14.9. The Hall–Kier alpha value is -1.10. The second-order valence-electron chi connectivity index (χ2n) is 3.59. The fraction of sp³-hybridized carbons (Fsp3) is 0.833. The van der Waals surface area contributed by atoms with Gasteiger partial charge in [0, 0.05) is 6.61 Å². The number of hydrogen-bond acceptors (Lipinski definition) is 5. The first-order valence-electron chi connectivity index (χ1n) is 6.12. The molecule has 0 aliphatic carbocycles. The van der Waals surface area contributed by atoms with Gasteiger partial charge in [-0.1, -0.05) is 20.8 Å². The number of carbonyl (C=O) groups is 2. The summed E-state index contributed by atoms with van der Waals surface area (Å²) in [5, 5.41) is 0. The van der Waals surface area contributed by atoms with Gasteiger partial charge in [-0.3, -0.25) is 0 Å². The van der Waals surface area contributed by atoms with Crippen LogP contribution in [0.3, 0.4) is 0 Å². The standard InChI is InChI=1S/C12H22O5/c1-4-7-15-10(11(13)16-8-5-2)12(14)17-9-6-3/h10H,4-9H2,1-3H3. The van der Waals surface area contributed by atoms with Crippen LogP contribution in [0.4, 0.5) is 0 Å². The number of hydrogen-bond donors (Lipinski definition) is 0. The quantitative estimate of drug-likeness (QED) is 0.457. The molecule has 0 aliphatic rings. The van der Waals surface area contributed by atoms with Crippen molar-refractivity contribution < 1.29 is 23.8 Å². The molecule has 0 aromatic carbocycles. The van der Waals surface area contributed by atoms with E-state index < -0.39 is 18.0 Å². The Morgan fingerprint density at radius 2 is 1.24 bits per heavy atom. The Kier molecular flexibility index (Phi) is 9.43. The highest BCUT2D eigenvalue weighted by atomic mass is 16.6. The van der Waals surface area contributed by atoms with Crippen LogP contribution < -0.4 is 0 Å². The molecule has 0 atom stereocenters. The lowest BCUT2D eigenvalue weighted by atomic mass is 10.3. The molecule has 5 heteroatoms. The molecule has 0 heterocycles. The predicted octanol–water partition coefficient (Wildman–Crippen LogP) is 1.69. The molecular formula is C12H22O5. The first kappa shape index (κ1) is 15.9. The maximum atomic E-state index is 11.6. The molecule has 0 bridgehead atoms. The van der Waals surface area contributed by atoms with Crippen molar-refractivity contribution in [2.24, 2.45) is 0 Å². The summed E-state index contributed by atoms with van der Waals surface area (Å²) in [4.78, 5) is 23.1. The molecule has 0 spiro atoms. The summed E-state index contributed by atoms with van der Waals surface area (Å²) in [5.41, 5.74) is 0. The molecule has 0 N–H and O–H groups in total. The first-order valence-corrected chi connectivity index (χ1v) is 6.12. The van der Waals surface area contributed by atoms with E-state index in [0.717, 1.165) is 6.42 Å². The normalized spacial score (nSPS) is 10.4. The van der Waals surface area contributed by atoms with E-state index in [4.69, 9.17) is 14.2 Å². The Balaban J connectivity index is 4.29. The van der Waals surface area contributed by atoms with Crippen LogP contribution in [0, 0.1) is 0 Å². The van der Waals surface area contributed by atoms with Crippen LogP contribution in [0.2, 0.25) is 0 Å². The Labute approximate surface area is 102 Å². The number of ether oxygens (including phenoxy) is 3. The summed E-state index contributed by atoms with van der Waals surface area (Å²) in [7, 11) is 0. The number of esters is 2. The van der Waals surface area contributed by atoms with Crippen LogP contribution in [0.15, 0.2) is 0 Å². The molecule has 17 heavy (non-hydrogen) atoms. The molecule has 100 valence electrons. The van der Waals surface area contributed by atoms with E-state index in [1.807, 2.05) is 20.8 Å². The average molecular weight is 246 g/mol. The second kappa shape index (κ2) is 10.1. The van der Waals surface area contributed by atoms with E-state index in [2.05, 4.69) is 0 Å². The van der Waals surface area contributed by atoms with Gasteiger partial charge in [0.05, 0.1) is 13.2 Å². The summed E-state index contributed by atoms with van der Waals surface area (Å²) >= 11 is 0. The number of rotatable bonds is 9. The van der Waals surface area contributed by atoms with E-state index in [1.165, 1.54) is 0 Å². The smallest absolute Gasteiger partial charge is 0.347 e. The lowest BCUT2D eigenvalue weighted by Gasteiger charge is -2.15. The van der Waals surface area contributed by atoms with Crippen molar-refractivity contribution in [3.8, 4) is 0 Å². The largest absolute Gasteiger partial charge is 0.463 e. The zero-order chi connectivity index (χ0) is 13.1. The Bertz CT molecular complexity index is 207. The molecule has 0 saturated heterocycles. The van der Waals surface area contributed by atoms with Crippen molar-refractivity contribution >= 4 is 11.9 Å². The first-order chi connectivity index (χ1) is 8.17. The van der Waals surface area contributed by atoms with Crippen LogP contribution >= 0.6 is 0 Å². The molecule has 0 unspecified atom stereocenters. The lowest BCUT2D eigenvalue weighted by molar-refractivity contribution is -0.173. The zero-order valence-corrected chi connectivity index (χ0v) is 10.9. The van der Waals surface area contributed by atoms with Gasteiger partial charge in [-0.2, -0.15) is 0 Å². The molecule has 0 saturated carbocycles. The van der Waals surface area contributed by atoms with Crippen molar-refractivity contribution in [1.29, 1.82) is 0 Å². The van der Waals surface area contributed by atoms with Gasteiger partial charge in [0.1, 0.15) is 0 Å². The zero-order valence-electron chi connectivity index (χ0n) is 10.9. The molecule has 0 fully saturated rings. The van der Waals surface area contributed by atoms with Gasteiger partial charge < -0.3 is 14.2 Å². The van der Waals surface area contributed by atoms with Gasteiger partial charge in [0.25, 0.3) is 6.10 Å². The maximum absolute atomic E-state index is 11.6. The van der Waals surface area contributed by atoms with Crippen molar-refractivity contribution in [2.75, 3.05) is 19.8 Å². The van der Waals surface area contributed by atoms with Crippen LogP contribution in [-0.4, -0.2) is 37.9 Å². The highest BCUT2D eigenvalue weighted by Gasteiger charge is 2.30. The fourth-order valence-corrected chi connectivity index (χ4v) is 1.02. The lowest BCUT2D eigenvalue weighted by Crippen LogP contribution is -2.36. The van der Waals surface area contributed by atoms with Gasteiger partial charge in [0.15, 0.2) is 0 Å². The van der Waals surface area contributed by atoms with Crippen molar-refractivity contribution in [3.05, 3.63) is 0 Å². The topological polar surface area (TPSA) is 61.8 Å². The summed E-state index contributed by atoms with van der Waals surface area (Å²) in [6, 6.07) is 0. The van der Waals surface area contributed by atoms with E-state index in [1.54, 1.807) is 0 Å². The van der Waals surface area contributed by atoms with Crippen LogP contribution in [0.1, 0.15) is 40.0 Å². The second-order valence-corrected chi connectivity index (χ2v) is 3.59. The van der Waals surface area contributed by atoms with Gasteiger partial charge in [-0.25, -0.2) is 9.59 Å². The van der Waals surface area contributed by atoms with Gasteiger partial charge >= 0.3 is 11.9 Å². The van der Waals surface area contributed by atoms with Gasteiger partial charge in [-0.05, 0) is 19.3 Å². The van der Waals surface area contributed by atoms with Crippen molar-refractivity contribution in [3.63, 3.8) is 0 Å². The average Bonchev–Trinajstić information content (AvgIpc) is 2.34. The minimum atomic E-state index is -1.24. The molecule has 0 amide bonds. The van der Waals surface area contributed by atoms with Crippen molar-refractivity contribution in [1.82, 2.24) is 0 Å². The van der Waals surface area contributed by atoms with E-state index >= 15 is 0 Å². The van der Waals surface area contributed by atoms with E-state index in [0.29, 0.717) is 19.4 Å². The summed E-state index contributed by atoms with van der Waals surface area (Å²) in [6.07, 6.45) is 0.888. The van der Waals surface area contributed by atoms with Gasteiger partial charge in [0.2, 0.25) is 0 Å². The minimum absolute atomic E-state index is 0.284. The third-order valence-corrected chi connectivity index (χ3v) is 1.81. The van der Waals surface area contributed by atoms with Gasteiger partial charge in [-0.15, -0.1) is 0 Å². The molecule has 0 aliphatic heterocycles. The molecule has 0 aromatic rings. The molecule has 0 radical (unpaired) electrons. The van der Waals surface area contributed by atoms with Crippen LogP contribution in [0.25, 0.3) is 0 Å². The molecule has 0 aromatic heterocycles. The molecule has 5 nitrogen and oxygen atoms in total. The van der Waals surface area contributed by atoms with Crippen LogP contribution in [0.5, 0.6) is 0 Å². The third-order valence-electron chi connectivity index (χ3n) is 1.81. The Morgan fingerprint density at radius 1 is 0.824 bits per heavy atom. The Morgan fingerprint density at radius 3 is 1.59 bits per heavy atom. The third kappa shape index (κ3) is 6.94. The fourth-order valence-electron chi connectivity index (χ4n) is 1.02. The minimum Gasteiger partial charge on any atom is -0.463 e. The van der Waals surface area contributed by atoms with E-state index in [-0.39, 0.29) is 13.2 Å². The molecular weight excluding hydrogens is 224 g/mol. The van der Waals surface area contributed by atoms with Crippen molar-refractivity contribution in [2.45, 2.75) is 46.1 Å². The van der Waals surface area contributed by atoms with E-state index in [9.17, 15) is 9.59 Å². The highest BCUT2D eigenvalue weighted by Crippen LogP contribution is 2.02. The predicted molar refractivity (Wildman–Crippen MR) is 62.5 cm³/mol. The molecule has 0 rings (SSSR count). The summed E-state index contributed by atoms with van der Waals surface area (Å²) in [5.74, 6) is -1.33.